The van der Waals surface area contributed by atoms with Crippen LogP contribution < -0.4 is 5.73 Å². The predicted molar refractivity (Wildman–Crippen MR) is 87.2 cm³/mol. The molecule has 2 N–H and O–H groups in total. The number of hydrogen-bond donors (Lipinski definition) is 1. The maximum atomic E-state index is 12.5. The molecule has 1 atom stereocenters. The average molecular weight is 300 g/mol. The number of hydrogen-bond acceptors (Lipinski definition) is 3. The topological polar surface area (TPSA) is 46.3 Å². The van der Waals surface area contributed by atoms with Gasteiger partial charge in [-0.3, -0.25) is 4.79 Å². The second-order valence-corrected chi connectivity index (χ2v) is 6.48. The van der Waals surface area contributed by atoms with Crippen LogP contribution in [-0.4, -0.2) is 17.4 Å². The van der Waals surface area contributed by atoms with E-state index in [-0.39, 0.29) is 5.91 Å². The number of benzene rings is 1. The SMILES string of the molecule is Nc1cccc(CCC(=O)N2CCCC2c2cccs2)c1. The van der Waals surface area contributed by atoms with Crippen molar-refractivity contribution in [2.24, 2.45) is 0 Å². The first kappa shape index (κ1) is 14.1. The molecule has 1 amide bonds. The zero-order chi connectivity index (χ0) is 14.7. The quantitative estimate of drug-likeness (QED) is 0.877. The minimum Gasteiger partial charge on any atom is -0.399 e. The Labute approximate surface area is 129 Å². The number of thiophene rings is 1. The molecule has 1 saturated heterocycles. The summed E-state index contributed by atoms with van der Waals surface area (Å²) < 4.78 is 0. The Balaban J connectivity index is 1.62. The van der Waals surface area contributed by atoms with Crippen molar-refractivity contribution in [3.05, 3.63) is 52.2 Å². The van der Waals surface area contributed by atoms with Crippen molar-refractivity contribution >= 4 is 22.9 Å². The highest BCUT2D eigenvalue weighted by molar-refractivity contribution is 7.10. The number of likely N-dealkylation sites (tertiary alicyclic amines) is 1. The van der Waals surface area contributed by atoms with E-state index < -0.39 is 0 Å². The van der Waals surface area contributed by atoms with Crippen LogP contribution in [0.5, 0.6) is 0 Å². The minimum absolute atomic E-state index is 0.258. The molecule has 2 aromatic rings. The monoisotopic (exact) mass is 300 g/mol. The van der Waals surface area contributed by atoms with Crippen LogP contribution in [0, 0.1) is 0 Å². The Morgan fingerprint density at radius 2 is 2.24 bits per heavy atom. The molecule has 0 spiro atoms. The van der Waals surface area contributed by atoms with Crippen LogP contribution in [0.4, 0.5) is 5.69 Å². The lowest BCUT2D eigenvalue weighted by Gasteiger charge is -2.24. The van der Waals surface area contributed by atoms with E-state index in [2.05, 4.69) is 22.4 Å². The van der Waals surface area contributed by atoms with E-state index in [1.165, 1.54) is 4.88 Å². The molecule has 4 heteroatoms. The van der Waals surface area contributed by atoms with Gasteiger partial charge in [-0.1, -0.05) is 18.2 Å². The number of nitrogen functional groups attached to an aromatic ring is 1. The van der Waals surface area contributed by atoms with Gasteiger partial charge in [0.2, 0.25) is 5.91 Å². The second kappa shape index (κ2) is 6.31. The largest absolute Gasteiger partial charge is 0.399 e. The Kier molecular flexibility index (Phi) is 4.25. The summed E-state index contributed by atoms with van der Waals surface area (Å²) in [5.74, 6) is 0.258. The molecule has 0 aliphatic carbocycles. The third-order valence-corrected chi connectivity index (χ3v) is 5.00. The molecule has 1 aromatic carbocycles. The van der Waals surface area contributed by atoms with Gasteiger partial charge in [-0.15, -0.1) is 11.3 Å². The third kappa shape index (κ3) is 3.27. The Bertz CT molecular complexity index is 609. The van der Waals surface area contributed by atoms with Crippen LogP contribution in [-0.2, 0) is 11.2 Å². The van der Waals surface area contributed by atoms with E-state index in [1.807, 2.05) is 24.3 Å². The predicted octanol–water partition coefficient (Wildman–Crippen LogP) is 3.63. The van der Waals surface area contributed by atoms with Crippen LogP contribution in [0.25, 0.3) is 0 Å². The smallest absolute Gasteiger partial charge is 0.223 e. The molecule has 0 bridgehead atoms. The molecule has 1 fully saturated rings. The number of carbonyl (C=O) groups is 1. The maximum absolute atomic E-state index is 12.5. The van der Waals surface area contributed by atoms with Crippen molar-refractivity contribution in [3.63, 3.8) is 0 Å². The number of anilines is 1. The fraction of sp³-hybridized carbons (Fsp3) is 0.353. The molecule has 1 aliphatic heterocycles. The van der Waals surface area contributed by atoms with E-state index in [9.17, 15) is 4.79 Å². The maximum Gasteiger partial charge on any atom is 0.223 e. The van der Waals surface area contributed by atoms with Gasteiger partial charge in [-0.2, -0.15) is 0 Å². The number of amides is 1. The van der Waals surface area contributed by atoms with Crippen LogP contribution in [0.2, 0.25) is 0 Å². The van der Waals surface area contributed by atoms with Gasteiger partial charge >= 0.3 is 0 Å². The lowest BCUT2D eigenvalue weighted by Crippen LogP contribution is -2.30. The highest BCUT2D eigenvalue weighted by atomic mass is 32.1. The van der Waals surface area contributed by atoms with Crippen molar-refractivity contribution in [1.29, 1.82) is 0 Å². The van der Waals surface area contributed by atoms with Crippen molar-refractivity contribution in [3.8, 4) is 0 Å². The van der Waals surface area contributed by atoms with E-state index in [4.69, 9.17) is 5.73 Å². The van der Waals surface area contributed by atoms with E-state index >= 15 is 0 Å². The summed E-state index contributed by atoms with van der Waals surface area (Å²) in [6.45, 7) is 0.887. The van der Waals surface area contributed by atoms with Gasteiger partial charge in [0.1, 0.15) is 0 Å². The third-order valence-electron chi connectivity index (χ3n) is 4.02. The van der Waals surface area contributed by atoms with Crippen molar-refractivity contribution in [1.82, 2.24) is 4.90 Å². The van der Waals surface area contributed by atoms with Crippen LogP contribution in [0.15, 0.2) is 41.8 Å². The van der Waals surface area contributed by atoms with Gasteiger partial charge < -0.3 is 10.6 Å². The summed E-state index contributed by atoms with van der Waals surface area (Å²) in [6.07, 6.45) is 3.51. The van der Waals surface area contributed by atoms with E-state index in [1.54, 1.807) is 11.3 Å². The second-order valence-electron chi connectivity index (χ2n) is 5.51. The zero-order valence-electron chi connectivity index (χ0n) is 12.0. The number of nitrogens with zero attached hydrogens (tertiary/aromatic N) is 1. The lowest BCUT2D eigenvalue weighted by molar-refractivity contribution is -0.132. The van der Waals surface area contributed by atoms with E-state index in [0.29, 0.717) is 12.5 Å². The molecule has 2 heterocycles. The molecule has 3 rings (SSSR count). The van der Waals surface area contributed by atoms with Gasteiger partial charge in [-0.05, 0) is 48.4 Å². The van der Waals surface area contributed by atoms with Crippen LogP contribution in [0.1, 0.15) is 35.7 Å². The standard InChI is InChI=1S/C17H20N2OS/c18-14-5-1-4-13(12-14)8-9-17(20)19-10-2-6-15(19)16-7-3-11-21-16/h1,3-5,7,11-12,15H,2,6,8-10,18H2. The molecule has 1 aromatic heterocycles. The van der Waals surface area contributed by atoms with Gasteiger partial charge in [0, 0.05) is 23.5 Å². The Morgan fingerprint density at radius 3 is 3.00 bits per heavy atom. The van der Waals surface area contributed by atoms with Gasteiger partial charge in [0.15, 0.2) is 0 Å². The molecular formula is C17H20N2OS. The molecule has 1 aliphatic rings. The number of rotatable bonds is 4. The normalized spacial score (nSPS) is 18.1. The van der Waals surface area contributed by atoms with Crippen LogP contribution in [0.3, 0.4) is 0 Å². The summed E-state index contributed by atoms with van der Waals surface area (Å²) in [5.41, 5.74) is 7.68. The number of aryl methyl sites for hydroxylation is 1. The Morgan fingerprint density at radius 1 is 1.33 bits per heavy atom. The summed E-state index contributed by atoms with van der Waals surface area (Å²) >= 11 is 1.75. The summed E-state index contributed by atoms with van der Waals surface area (Å²) in [4.78, 5) is 15.9. The lowest BCUT2D eigenvalue weighted by atomic mass is 10.1. The summed E-state index contributed by atoms with van der Waals surface area (Å²) in [6, 6.07) is 12.3. The van der Waals surface area contributed by atoms with Gasteiger partial charge in [0.05, 0.1) is 6.04 Å². The molecule has 1 unspecified atom stereocenters. The number of carbonyl (C=O) groups excluding carboxylic acids is 1. The highest BCUT2D eigenvalue weighted by Crippen LogP contribution is 2.34. The average Bonchev–Trinajstić information content (AvgIpc) is 3.14. The Hall–Kier alpha value is -1.81. The summed E-state index contributed by atoms with van der Waals surface area (Å²) in [7, 11) is 0. The highest BCUT2D eigenvalue weighted by Gasteiger charge is 2.29. The van der Waals surface area contributed by atoms with Crippen molar-refractivity contribution < 1.29 is 4.79 Å². The molecular weight excluding hydrogens is 280 g/mol. The minimum atomic E-state index is 0.258. The van der Waals surface area contributed by atoms with Crippen molar-refractivity contribution in [2.45, 2.75) is 31.7 Å². The van der Waals surface area contributed by atoms with Gasteiger partial charge in [0.25, 0.3) is 0 Å². The first-order valence-electron chi connectivity index (χ1n) is 7.41. The molecule has 0 radical (unpaired) electrons. The van der Waals surface area contributed by atoms with Crippen molar-refractivity contribution in [2.75, 3.05) is 12.3 Å². The van der Waals surface area contributed by atoms with E-state index in [0.717, 1.165) is 37.1 Å². The summed E-state index contributed by atoms with van der Waals surface area (Å²) in [5, 5.41) is 2.09. The molecule has 0 saturated carbocycles. The fourth-order valence-corrected chi connectivity index (χ4v) is 3.86. The zero-order valence-corrected chi connectivity index (χ0v) is 12.8. The number of nitrogens with two attached hydrogens (primary N) is 1. The van der Waals surface area contributed by atoms with Crippen LogP contribution >= 0.6 is 11.3 Å². The fourth-order valence-electron chi connectivity index (χ4n) is 2.99. The first-order valence-corrected chi connectivity index (χ1v) is 8.29. The molecule has 110 valence electrons. The molecule has 3 nitrogen and oxygen atoms in total. The van der Waals surface area contributed by atoms with Gasteiger partial charge in [-0.25, -0.2) is 0 Å². The molecule has 21 heavy (non-hydrogen) atoms. The first-order chi connectivity index (χ1) is 10.2.